The van der Waals surface area contributed by atoms with Gasteiger partial charge in [0.25, 0.3) is 0 Å². The fraction of sp³-hybridized carbons (Fsp3) is 0.333. The summed E-state index contributed by atoms with van der Waals surface area (Å²) in [5.41, 5.74) is 0.710. The maximum absolute atomic E-state index is 12.9. The second-order valence-electron chi connectivity index (χ2n) is 7.03. The van der Waals surface area contributed by atoms with Crippen LogP contribution in [0.15, 0.2) is 48.5 Å². The molecule has 0 aliphatic carbocycles. The number of alkyl halides is 2. The molecule has 1 fully saturated rings. The van der Waals surface area contributed by atoms with Crippen LogP contribution in [-0.2, 0) is 9.59 Å². The quantitative estimate of drug-likeness (QED) is 0.666. The molecule has 0 radical (unpaired) electrons. The van der Waals surface area contributed by atoms with Crippen LogP contribution in [-0.4, -0.2) is 67.5 Å². The first-order valence-corrected chi connectivity index (χ1v) is 9.73. The van der Waals surface area contributed by atoms with Crippen molar-refractivity contribution in [3.63, 3.8) is 0 Å². The summed E-state index contributed by atoms with van der Waals surface area (Å²) in [7, 11) is 0. The van der Waals surface area contributed by atoms with Crippen LogP contribution in [0, 0.1) is 5.82 Å². The molecule has 0 bridgehead atoms. The van der Waals surface area contributed by atoms with Crippen molar-refractivity contribution in [2.45, 2.75) is 6.61 Å². The van der Waals surface area contributed by atoms with Gasteiger partial charge in [0.1, 0.15) is 11.6 Å². The summed E-state index contributed by atoms with van der Waals surface area (Å²) < 4.78 is 42.3. The molecule has 0 spiro atoms. The molecule has 166 valence electrons. The zero-order valence-electron chi connectivity index (χ0n) is 16.7. The molecular formula is C21H23F3N4O3. The lowest BCUT2D eigenvalue weighted by Crippen LogP contribution is -2.50. The number of nitrogens with one attached hydrogen (secondary N) is 2. The molecule has 1 heterocycles. The average molecular weight is 436 g/mol. The molecule has 1 aliphatic rings. The molecule has 0 unspecified atom stereocenters. The molecule has 7 nitrogen and oxygen atoms in total. The number of halogens is 3. The SMILES string of the molecule is O=C(CN1CCN(CC(=O)Nc2ccccc2OC(F)F)CC1)Nc1ccc(F)cc1. The molecule has 2 aromatic carbocycles. The molecule has 1 aliphatic heterocycles. The number of hydrogen-bond donors (Lipinski definition) is 2. The molecule has 10 heteroatoms. The number of benzene rings is 2. The number of piperazine rings is 1. The number of amides is 2. The molecule has 31 heavy (non-hydrogen) atoms. The van der Waals surface area contributed by atoms with E-state index in [9.17, 15) is 22.8 Å². The number of rotatable bonds is 8. The van der Waals surface area contributed by atoms with E-state index < -0.39 is 6.61 Å². The van der Waals surface area contributed by atoms with Gasteiger partial charge in [0.05, 0.1) is 18.8 Å². The first-order chi connectivity index (χ1) is 14.9. The van der Waals surface area contributed by atoms with E-state index in [1.165, 1.54) is 36.4 Å². The second-order valence-corrected chi connectivity index (χ2v) is 7.03. The molecule has 2 N–H and O–H groups in total. The molecule has 0 atom stereocenters. The molecule has 0 saturated carbocycles. The highest BCUT2D eigenvalue weighted by atomic mass is 19.3. The summed E-state index contributed by atoms with van der Waals surface area (Å²) >= 11 is 0. The van der Waals surface area contributed by atoms with E-state index >= 15 is 0 Å². The Labute approximate surface area is 177 Å². The van der Waals surface area contributed by atoms with Gasteiger partial charge in [0, 0.05) is 31.9 Å². The van der Waals surface area contributed by atoms with E-state index in [2.05, 4.69) is 15.4 Å². The van der Waals surface area contributed by atoms with Crippen molar-refractivity contribution in [2.75, 3.05) is 49.9 Å². The third kappa shape index (κ3) is 7.26. The number of carbonyl (C=O) groups excluding carboxylic acids is 2. The predicted octanol–water partition coefficient (Wildman–Crippen LogP) is 2.62. The van der Waals surface area contributed by atoms with Crippen LogP contribution in [0.3, 0.4) is 0 Å². The van der Waals surface area contributed by atoms with Crippen LogP contribution in [0.25, 0.3) is 0 Å². The summed E-state index contributed by atoms with van der Waals surface area (Å²) in [6.07, 6.45) is 0. The minimum Gasteiger partial charge on any atom is -0.433 e. The number of nitrogens with zero attached hydrogens (tertiary/aromatic N) is 2. The van der Waals surface area contributed by atoms with Crippen LogP contribution in [0.1, 0.15) is 0 Å². The van der Waals surface area contributed by atoms with E-state index in [0.717, 1.165) is 0 Å². The average Bonchev–Trinajstić information content (AvgIpc) is 2.72. The van der Waals surface area contributed by atoms with Crippen LogP contribution < -0.4 is 15.4 Å². The van der Waals surface area contributed by atoms with Crippen LogP contribution >= 0.6 is 0 Å². The Balaban J connectivity index is 1.41. The molecule has 2 aromatic rings. The normalized spacial score (nSPS) is 15.0. The minimum absolute atomic E-state index is 0.0946. The van der Waals surface area contributed by atoms with Crippen LogP contribution in [0.4, 0.5) is 24.5 Å². The lowest BCUT2D eigenvalue weighted by atomic mass is 10.2. The Morgan fingerprint density at radius 2 is 1.42 bits per heavy atom. The van der Waals surface area contributed by atoms with E-state index in [1.807, 2.05) is 9.80 Å². The second kappa shape index (κ2) is 10.8. The van der Waals surface area contributed by atoms with Crippen molar-refractivity contribution in [1.29, 1.82) is 0 Å². The van der Waals surface area contributed by atoms with Gasteiger partial charge in [0.15, 0.2) is 0 Å². The first kappa shape index (κ1) is 22.6. The van der Waals surface area contributed by atoms with Gasteiger partial charge in [0.2, 0.25) is 11.8 Å². The van der Waals surface area contributed by atoms with Crippen LogP contribution in [0.2, 0.25) is 0 Å². The summed E-state index contributed by atoms with van der Waals surface area (Å²) in [5, 5.41) is 5.31. The van der Waals surface area contributed by atoms with Gasteiger partial charge >= 0.3 is 6.61 Å². The van der Waals surface area contributed by atoms with Crippen LogP contribution in [0.5, 0.6) is 5.75 Å². The van der Waals surface area contributed by atoms with Gasteiger partial charge in [-0.1, -0.05) is 12.1 Å². The van der Waals surface area contributed by atoms with Gasteiger partial charge in [-0.2, -0.15) is 8.78 Å². The lowest BCUT2D eigenvalue weighted by Gasteiger charge is -2.33. The predicted molar refractivity (Wildman–Crippen MR) is 110 cm³/mol. The summed E-state index contributed by atoms with van der Waals surface area (Å²) in [4.78, 5) is 28.3. The summed E-state index contributed by atoms with van der Waals surface area (Å²) in [5.74, 6) is -1.01. The maximum Gasteiger partial charge on any atom is 0.387 e. The van der Waals surface area contributed by atoms with Gasteiger partial charge in [-0.15, -0.1) is 0 Å². The zero-order chi connectivity index (χ0) is 22.2. The van der Waals surface area contributed by atoms with Gasteiger partial charge < -0.3 is 15.4 Å². The number of ether oxygens (including phenoxy) is 1. The number of anilines is 2. The maximum atomic E-state index is 12.9. The van der Waals surface area contributed by atoms with E-state index in [-0.39, 0.29) is 42.2 Å². The topological polar surface area (TPSA) is 73.9 Å². The minimum atomic E-state index is -2.98. The fourth-order valence-corrected chi connectivity index (χ4v) is 3.20. The van der Waals surface area contributed by atoms with Crippen molar-refractivity contribution in [3.05, 3.63) is 54.3 Å². The molecular weight excluding hydrogens is 413 g/mol. The Morgan fingerprint density at radius 1 is 0.871 bits per heavy atom. The Kier molecular flexibility index (Phi) is 7.85. The van der Waals surface area contributed by atoms with Crippen molar-refractivity contribution in [2.24, 2.45) is 0 Å². The Bertz CT molecular complexity index is 888. The van der Waals surface area contributed by atoms with Gasteiger partial charge in [-0.3, -0.25) is 19.4 Å². The third-order valence-electron chi connectivity index (χ3n) is 4.70. The Hall–Kier alpha value is -3.11. The zero-order valence-corrected chi connectivity index (χ0v) is 16.7. The van der Waals surface area contributed by atoms with Crippen molar-refractivity contribution < 1.29 is 27.5 Å². The smallest absolute Gasteiger partial charge is 0.387 e. The van der Waals surface area contributed by atoms with Crippen molar-refractivity contribution in [3.8, 4) is 5.75 Å². The molecule has 0 aromatic heterocycles. The van der Waals surface area contributed by atoms with E-state index in [0.29, 0.717) is 31.9 Å². The number of carbonyl (C=O) groups is 2. The Morgan fingerprint density at radius 3 is 2.00 bits per heavy atom. The largest absolute Gasteiger partial charge is 0.433 e. The summed E-state index contributed by atoms with van der Waals surface area (Å²) in [6.45, 7) is -0.358. The van der Waals surface area contributed by atoms with Gasteiger partial charge in [-0.05, 0) is 36.4 Å². The van der Waals surface area contributed by atoms with E-state index in [4.69, 9.17) is 0 Å². The van der Waals surface area contributed by atoms with Crippen molar-refractivity contribution in [1.82, 2.24) is 9.80 Å². The number of hydrogen-bond acceptors (Lipinski definition) is 5. The standard InChI is InChI=1S/C21H23F3N4O3/c22-15-5-7-16(8-6-15)25-19(29)13-27-9-11-28(12-10-27)14-20(30)26-17-3-1-2-4-18(17)31-21(23)24/h1-8,21H,9-14H2,(H,25,29)(H,26,30). The lowest BCUT2D eigenvalue weighted by molar-refractivity contribution is -0.120. The molecule has 1 saturated heterocycles. The monoisotopic (exact) mass is 436 g/mol. The van der Waals surface area contributed by atoms with E-state index in [1.54, 1.807) is 12.1 Å². The first-order valence-electron chi connectivity index (χ1n) is 9.73. The highest BCUT2D eigenvalue weighted by Gasteiger charge is 2.21. The summed E-state index contributed by atoms with van der Waals surface area (Å²) in [6, 6.07) is 11.5. The fourth-order valence-electron chi connectivity index (χ4n) is 3.20. The highest BCUT2D eigenvalue weighted by Crippen LogP contribution is 2.25. The highest BCUT2D eigenvalue weighted by molar-refractivity contribution is 5.94. The number of para-hydroxylation sites is 2. The molecule has 3 rings (SSSR count). The van der Waals surface area contributed by atoms with Crippen molar-refractivity contribution >= 4 is 23.2 Å². The van der Waals surface area contributed by atoms with Gasteiger partial charge in [-0.25, -0.2) is 4.39 Å². The molecule has 2 amide bonds. The third-order valence-corrected chi connectivity index (χ3v) is 4.70.